The van der Waals surface area contributed by atoms with Crippen molar-refractivity contribution in [3.63, 3.8) is 0 Å². The molecule has 1 aromatic carbocycles. The normalized spacial score (nSPS) is 20.9. The Balaban J connectivity index is 1.29. The minimum absolute atomic E-state index is 0.161. The number of hydrogen-bond acceptors (Lipinski definition) is 5. The fourth-order valence-corrected chi connectivity index (χ4v) is 5.57. The zero-order valence-electron chi connectivity index (χ0n) is 18.0. The lowest BCUT2D eigenvalue weighted by atomic mass is 10.00. The summed E-state index contributed by atoms with van der Waals surface area (Å²) in [5.74, 6) is 2.01. The maximum Gasteiger partial charge on any atom is 0.236 e. The lowest BCUT2D eigenvalue weighted by Gasteiger charge is -2.31. The highest BCUT2D eigenvalue weighted by Gasteiger charge is 2.34. The zero-order valence-corrected chi connectivity index (χ0v) is 18.8. The molecule has 30 heavy (non-hydrogen) atoms. The number of nitrogens with zero attached hydrogens (tertiary/aromatic N) is 5. The maximum absolute atomic E-state index is 13.2. The van der Waals surface area contributed by atoms with Gasteiger partial charge in [-0.3, -0.25) is 9.36 Å². The number of rotatable bonds is 5. The number of fused-ring (bicyclic) bond motifs is 1. The lowest BCUT2D eigenvalue weighted by Crippen LogP contribution is -2.40. The van der Waals surface area contributed by atoms with Gasteiger partial charge in [-0.15, -0.1) is 10.2 Å². The number of aromatic nitrogens is 3. The fourth-order valence-electron chi connectivity index (χ4n) is 4.58. The summed E-state index contributed by atoms with van der Waals surface area (Å²) in [5.41, 5.74) is 2.65. The Bertz CT molecular complexity index is 916. The van der Waals surface area contributed by atoms with E-state index in [0.717, 1.165) is 43.1 Å². The van der Waals surface area contributed by atoms with Crippen molar-refractivity contribution >= 4 is 23.6 Å². The van der Waals surface area contributed by atoms with E-state index < -0.39 is 0 Å². The summed E-state index contributed by atoms with van der Waals surface area (Å²) in [6.07, 6.45) is 5.74. The van der Waals surface area contributed by atoms with Crippen LogP contribution in [0.2, 0.25) is 0 Å². The number of carbonyl (C=O) groups is 1. The topological polar surface area (TPSA) is 54.3 Å². The van der Waals surface area contributed by atoms with Crippen molar-refractivity contribution < 1.29 is 4.79 Å². The lowest BCUT2D eigenvalue weighted by molar-refractivity contribution is -0.131. The van der Waals surface area contributed by atoms with Crippen LogP contribution in [0.3, 0.4) is 0 Å². The van der Waals surface area contributed by atoms with Crippen molar-refractivity contribution in [1.29, 1.82) is 0 Å². The van der Waals surface area contributed by atoms with Gasteiger partial charge in [0.25, 0.3) is 0 Å². The van der Waals surface area contributed by atoms with Crippen molar-refractivity contribution in [1.82, 2.24) is 19.7 Å². The van der Waals surface area contributed by atoms with E-state index in [0.29, 0.717) is 12.6 Å². The van der Waals surface area contributed by atoms with Crippen LogP contribution in [-0.2, 0) is 17.8 Å². The molecule has 2 aromatic rings. The van der Waals surface area contributed by atoms with E-state index in [1.54, 1.807) is 11.8 Å². The molecule has 1 aliphatic carbocycles. The van der Waals surface area contributed by atoms with Gasteiger partial charge in [0, 0.05) is 32.2 Å². The Morgan fingerprint density at radius 1 is 1.07 bits per heavy atom. The van der Waals surface area contributed by atoms with Gasteiger partial charge in [-0.05, 0) is 56.1 Å². The van der Waals surface area contributed by atoms with E-state index in [2.05, 4.69) is 50.9 Å². The largest absolute Gasteiger partial charge is 0.341 e. The van der Waals surface area contributed by atoms with Crippen LogP contribution < -0.4 is 4.90 Å². The highest BCUT2D eigenvalue weighted by Crippen LogP contribution is 2.42. The number of anilines is 1. The van der Waals surface area contributed by atoms with Crippen molar-refractivity contribution in [3.8, 4) is 0 Å². The van der Waals surface area contributed by atoms with E-state index in [9.17, 15) is 4.79 Å². The van der Waals surface area contributed by atoms with Crippen LogP contribution in [-0.4, -0.2) is 50.5 Å². The summed E-state index contributed by atoms with van der Waals surface area (Å²) in [5, 5.41) is 9.86. The predicted octanol–water partition coefficient (Wildman–Crippen LogP) is 3.91. The molecular weight excluding hydrogens is 394 g/mol. The van der Waals surface area contributed by atoms with E-state index in [1.165, 1.54) is 36.8 Å². The molecule has 0 bridgehead atoms. The second-order valence-corrected chi connectivity index (χ2v) is 10.4. The quantitative estimate of drug-likeness (QED) is 0.680. The minimum Gasteiger partial charge on any atom is -0.341 e. The van der Waals surface area contributed by atoms with Crippen LogP contribution in [0.25, 0.3) is 0 Å². The number of hydrogen-bond donors (Lipinski definition) is 0. The third kappa shape index (κ3) is 3.96. The molecule has 5 rings (SSSR count). The molecule has 6 nitrogen and oxygen atoms in total. The van der Waals surface area contributed by atoms with Gasteiger partial charge in [0.2, 0.25) is 11.9 Å². The monoisotopic (exact) mass is 425 g/mol. The Labute approximate surface area is 183 Å². The number of carbonyl (C=O) groups excluding carboxylic acids is 1. The highest BCUT2D eigenvalue weighted by atomic mass is 32.2. The van der Waals surface area contributed by atoms with Crippen molar-refractivity contribution in [3.05, 3.63) is 35.4 Å². The molecule has 1 saturated heterocycles. The summed E-state index contributed by atoms with van der Waals surface area (Å²) in [6, 6.07) is 8.96. The van der Waals surface area contributed by atoms with Gasteiger partial charge < -0.3 is 9.80 Å². The first kappa shape index (κ1) is 19.9. The van der Waals surface area contributed by atoms with Crippen molar-refractivity contribution in [2.24, 2.45) is 5.92 Å². The third-order valence-corrected chi connectivity index (χ3v) is 7.74. The average molecular weight is 426 g/mol. The molecule has 3 aliphatic rings. The molecule has 2 fully saturated rings. The van der Waals surface area contributed by atoms with Crippen molar-refractivity contribution in [2.75, 3.05) is 24.5 Å². The maximum atomic E-state index is 13.2. The van der Waals surface area contributed by atoms with Gasteiger partial charge in [0.05, 0.1) is 5.25 Å². The summed E-state index contributed by atoms with van der Waals surface area (Å²) < 4.78 is 2.32. The van der Waals surface area contributed by atoms with Gasteiger partial charge in [-0.25, -0.2) is 0 Å². The molecule has 1 saturated carbocycles. The standard InChI is InChI=1S/C23H31N5OS/c1-16-9-12-26(13-10-16)22-24-25-23(28(22)20-7-8-20)30-17(2)21(29)27-14-11-18-5-3-4-6-19(18)15-27/h3-6,16-17,20H,7-15H2,1-2H3. The Morgan fingerprint density at radius 3 is 2.53 bits per heavy atom. The first-order chi connectivity index (χ1) is 14.6. The molecule has 1 aromatic heterocycles. The van der Waals surface area contributed by atoms with Gasteiger partial charge >= 0.3 is 0 Å². The van der Waals surface area contributed by atoms with E-state index >= 15 is 0 Å². The summed E-state index contributed by atoms with van der Waals surface area (Å²) in [7, 11) is 0. The number of benzene rings is 1. The van der Waals surface area contributed by atoms with Gasteiger partial charge in [-0.2, -0.15) is 0 Å². The summed E-state index contributed by atoms with van der Waals surface area (Å²) >= 11 is 1.58. The molecule has 0 spiro atoms. The Hall–Kier alpha value is -2.02. The fraction of sp³-hybridized carbons (Fsp3) is 0.609. The minimum atomic E-state index is -0.161. The van der Waals surface area contributed by atoms with E-state index in [4.69, 9.17) is 0 Å². The van der Waals surface area contributed by atoms with Crippen LogP contribution in [0.1, 0.15) is 56.7 Å². The molecule has 7 heteroatoms. The van der Waals surface area contributed by atoms with Gasteiger partial charge in [0.15, 0.2) is 5.16 Å². The first-order valence-corrected chi connectivity index (χ1v) is 12.2. The zero-order chi connectivity index (χ0) is 20.7. The molecule has 1 amide bonds. The van der Waals surface area contributed by atoms with Crippen molar-refractivity contribution in [2.45, 2.75) is 68.9 Å². The third-order valence-electron chi connectivity index (χ3n) is 6.70. The van der Waals surface area contributed by atoms with Crippen LogP contribution in [0.15, 0.2) is 29.4 Å². The summed E-state index contributed by atoms with van der Waals surface area (Å²) in [6.45, 7) is 7.97. The summed E-state index contributed by atoms with van der Waals surface area (Å²) in [4.78, 5) is 17.6. The van der Waals surface area contributed by atoms with E-state index in [1.807, 2.05) is 11.8 Å². The smallest absolute Gasteiger partial charge is 0.236 e. The predicted molar refractivity (Wildman–Crippen MR) is 120 cm³/mol. The molecule has 1 atom stereocenters. The van der Waals surface area contributed by atoms with Crippen LogP contribution >= 0.6 is 11.8 Å². The van der Waals surface area contributed by atoms with Crippen LogP contribution in [0, 0.1) is 5.92 Å². The van der Waals surface area contributed by atoms with E-state index in [-0.39, 0.29) is 11.2 Å². The molecule has 3 heterocycles. The molecule has 2 aliphatic heterocycles. The number of piperidine rings is 1. The molecule has 0 radical (unpaired) electrons. The molecule has 160 valence electrons. The second kappa shape index (κ2) is 8.25. The Morgan fingerprint density at radius 2 is 1.80 bits per heavy atom. The first-order valence-electron chi connectivity index (χ1n) is 11.3. The van der Waals surface area contributed by atoms with Gasteiger partial charge in [0.1, 0.15) is 0 Å². The van der Waals surface area contributed by atoms with Crippen LogP contribution in [0.4, 0.5) is 5.95 Å². The molecular formula is C23H31N5OS. The highest BCUT2D eigenvalue weighted by molar-refractivity contribution is 8.00. The SMILES string of the molecule is CC1CCN(c2nnc(SC(C)C(=O)N3CCc4ccccc4C3)n2C2CC2)CC1. The second-order valence-electron chi connectivity index (χ2n) is 9.09. The van der Waals surface area contributed by atoms with Crippen LogP contribution in [0.5, 0.6) is 0 Å². The average Bonchev–Trinajstić information content (AvgIpc) is 3.53. The van der Waals surface area contributed by atoms with Gasteiger partial charge in [-0.1, -0.05) is 43.0 Å². The molecule has 1 unspecified atom stereocenters. The number of amides is 1. The number of thioether (sulfide) groups is 1. The Kier molecular flexibility index (Phi) is 5.48. The molecule has 0 N–H and O–H groups in total.